The Bertz CT molecular complexity index is 638. The molecular weight excluding hydrogens is 204 g/mol. The van der Waals surface area contributed by atoms with Crippen molar-refractivity contribution < 1.29 is 0 Å². The third-order valence-electron chi connectivity index (χ3n) is 2.22. The molecule has 2 aromatic rings. The molecule has 0 aromatic heterocycles. The molecule has 0 heterocycles. The summed E-state index contributed by atoms with van der Waals surface area (Å²) in [5, 5.41) is 3.77. The SMILES string of the molecule is Cc1cc(=O)/c(=N/Nc2ccccc2)c1=O. The van der Waals surface area contributed by atoms with Crippen LogP contribution in [0.2, 0.25) is 0 Å². The highest BCUT2D eigenvalue weighted by atomic mass is 16.1. The first-order valence-corrected chi connectivity index (χ1v) is 4.84. The normalized spacial score (nSPS) is 11.7. The van der Waals surface area contributed by atoms with E-state index in [4.69, 9.17) is 0 Å². The number of hydrogen-bond donors (Lipinski definition) is 1. The molecule has 80 valence electrons. The van der Waals surface area contributed by atoms with Gasteiger partial charge in [0.25, 0.3) is 0 Å². The molecule has 0 spiro atoms. The Hall–Kier alpha value is -2.23. The summed E-state index contributed by atoms with van der Waals surface area (Å²) < 4.78 is 0. The molecule has 0 aliphatic carbocycles. The highest BCUT2D eigenvalue weighted by Gasteiger charge is 2.03. The van der Waals surface area contributed by atoms with Gasteiger partial charge in [-0.2, -0.15) is 5.10 Å². The second kappa shape index (κ2) is 4.10. The number of aryl methyl sites for hydroxylation is 1. The summed E-state index contributed by atoms with van der Waals surface area (Å²) in [7, 11) is 0. The van der Waals surface area contributed by atoms with Gasteiger partial charge in [-0.15, -0.1) is 0 Å². The molecule has 2 rings (SSSR count). The molecule has 4 heteroatoms. The number of hydrogen-bond acceptors (Lipinski definition) is 4. The molecule has 0 atom stereocenters. The second-order valence-corrected chi connectivity index (χ2v) is 3.46. The van der Waals surface area contributed by atoms with Gasteiger partial charge in [-0.05, 0) is 25.1 Å². The Kier molecular flexibility index (Phi) is 2.64. The predicted octanol–water partition coefficient (Wildman–Crippen LogP) is 0.519. The first kappa shape index (κ1) is 10.3. The summed E-state index contributed by atoms with van der Waals surface area (Å²) in [6.07, 6.45) is 0. The molecule has 2 aromatic carbocycles. The number of benzene rings is 1. The Morgan fingerprint density at radius 3 is 2.38 bits per heavy atom. The number of rotatable bonds is 2. The fourth-order valence-corrected chi connectivity index (χ4v) is 1.37. The van der Waals surface area contributed by atoms with Gasteiger partial charge in [0.15, 0.2) is 5.36 Å². The van der Waals surface area contributed by atoms with Crippen LogP contribution in [0.15, 0.2) is 51.1 Å². The topological polar surface area (TPSA) is 58.5 Å². The van der Waals surface area contributed by atoms with E-state index in [1.807, 2.05) is 18.2 Å². The lowest BCUT2D eigenvalue weighted by Gasteiger charge is -1.96. The summed E-state index contributed by atoms with van der Waals surface area (Å²) in [6.45, 7) is 1.60. The van der Waals surface area contributed by atoms with Crippen LogP contribution in [0.3, 0.4) is 0 Å². The molecule has 0 radical (unpaired) electrons. The number of nitrogens with one attached hydrogen (secondary N) is 1. The average molecular weight is 214 g/mol. The van der Waals surface area contributed by atoms with Crippen molar-refractivity contribution in [1.29, 1.82) is 0 Å². The first-order chi connectivity index (χ1) is 7.68. The van der Waals surface area contributed by atoms with E-state index in [0.29, 0.717) is 5.56 Å². The zero-order chi connectivity index (χ0) is 11.5. The number of para-hydroxylation sites is 1. The second-order valence-electron chi connectivity index (χ2n) is 3.46. The van der Waals surface area contributed by atoms with Crippen molar-refractivity contribution in [1.82, 2.24) is 0 Å². The highest BCUT2D eigenvalue weighted by molar-refractivity contribution is 5.41. The van der Waals surface area contributed by atoms with Crippen LogP contribution in [-0.2, 0) is 0 Å². The van der Waals surface area contributed by atoms with E-state index in [0.717, 1.165) is 5.69 Å². The standard InChI is InChI=1S/C12H10N2O2/c1-8-7-10(15)11(12(8)16)14-13-9-5-3-2-4-6-9/h2-7,13H,1H3/b14-11-. The van der Waals surface area contributed by atoms with Crippen LogP contribution >= 0.6 is 0 Å². The smallest absolute Gasteiger partial charge is 0.213 e. The fraction of sp³-hybridized carbons (Fsp3) is 0.0833. The van der Waals surface area contributed by atoms with Crippen molar-refractivity contribution in [2.75, 3.05) is 5.43 Å². The van der Waals surface area contributed by atoms with Gasteiger partial charge in [-0.1, -0.05) is 18.2 Å². The van der Waals surface area contributed by atoms with E-state index in [1.165, 1.54) is 6.07 Å². The van der Waals surface area contributed by atoms with Crippen molar-refractivity contribution in [2.45, 2.75) is 6.92 Å². The molecule has 0 fully saturated rings. The van der Waals surface area contributed by atoms with Gasteiger partial charge in [0, 0.05) is 5.56 Å². The molecule has 0 aliphatic rings. The summed E-state index contributed by atoms with van der Waals surface area (Å²) in [4.78, 5) is 22.8. The summed E-state index contributed by atoms with van der Waals surface area (Å²) in [5.74, 6) is 0. The van der Waals surface area contributed by atoms with Crippen molar-refractivity contribution in [3.05, 3.63) is 67.8 Å². The Morgan fingerprint density at radius 1 is 1.12 bits per heavy atom. The highest BCUT2D eigenvalue weighted by Crippen LogP contribution is 2.03. The third-order valence-corrected chi connectivity index (χ3v) is 2.22. The monoisotopic (exact) mass is 214 g/mol. The van der Waals surface area contributed by atoms with Crippen LogP contribution in [-0.4, -0.2) is 0 Å². The van der Waals surface area contributed by atoms with Crippen LogP contribution in [0, 0.1) is 6.92 Å². The van der Waals surface area contributed by atoms with Gasteiger partial charge >= 0.3 is 0 Å². The largest absolute Gasteiger partial charge is 0.287 e. The fourth-order valence-electron chi connectivity index (χ4n) is 1.37. The Morgan fingerprint density at radius 2 is 1.81 bits per heavy atom. The van der Waals surface area contributed by atoms with Gasteiger partial charge in [0.05, 0.1) is 5.69 Å². The van der Waals surface area contributed by atoms with Gasteiger partial charge in [0.1, 0.15) is 0 Å². The third kappa shape index (κ3) is 1.91. The maximum absolute atomic E-state index is 11.5. The van der Waals surface area contributed by atoms with Crippen LogP contribution in [0.5, 0.6) is 0 Å². The van der Waals surface area contributed by atoms with Crippen molar-refractivity contribution in [3.63, 3.8) is 0 Å². The number of nitrogens with zero attached hydrogens (tertiary/aromatic N) is 1. The average Bonchev–Trinajstić information content (AvgIpc) is 2.53. The van der Waals surface area contributed by atoms with Crippen LogP contribution in [0.25, 0.3) is 0 Å². The van der Waals surface area contributed by atoms with E-state index >= 15 is 0 Å². The minimum Gasteiger partial charge on any atom is -0.287 e. The molecule has 1 N–H and O–H groups in total. The van der Waals surface area contributed by atoms with E-state index in [9.17, 15) is 9.59 Å². The van der Waals surface area contributed by atoms with Gasteiger partial charge in [-0.3, -0.25) is 15.0 Å². The van der Waals surface area contributed by atoms with Crippen LogP contribution in [0.4, 0.5) is 5.69 Å². The lowest BCUT2D eigenvalue weighted by atomic mass is 10.3. The molecule has 0 saturated heterocycles. The lowest BCUT2D eigenvalue weighted by Crippen LogP contribution is -2.33. The quantitative estimate of drug-likeness (QED) is 0.741. The molecule has 0 unspecified atom stereocenters. The molecular formula is C12H10N2O2. The molecule has 0 saturated carbocycles. The van der Waals surface area contributed by atoms with Gasteiger partial charge in [0.2, 0.25) is 10.9 Å². The Balaban J connectivity index is 2.39. The van der Waals surface area contributed by atoms with Gasteiger partial charge < -0.3 is 0 Å². The number of anilines is 1. The van der Waals surface area contributed by atoms with E-state index in [-0.39, 0.29) is 16.2 Å². The maximum Gasteiger partial charge on any atom is 0.213 e. The maximum atomic E-state index is 11.5. The Labute approximate surface area is 91.6 Å². The van der Waals surface area contributed by atoms with Crippen LogP contribution < -0.4 is 21.6 Å². The van der Waals surface area contributed by atoms with Gasteiger partial charge in [-0.25, -0.2) is 0 Å². The lowest BCUT2D eigenvalue weighted by molar-refractivity contribution is 1.19. The molecule has 0 amide bonds. The van der Waals surface area contributed by atoms with Crippen molar-refractivity contribution in [3.8, 4) is 0 Å². The van der Waals surface area contributed by atoms with Crippen molar-refractivity contribution >= 4 is 5.69 Å². The van der Waals surface area contributed by atoms with Crippen molar-refractivity contribution in [2.24, 2.45) is 5.10 Å². The summed E-state index contributed by atoms with van der Waals surface area (Å²) >= 11 is 0. The van der Waals surface area contributed by atoms with E-state index in [1.54, 1.807) is 19.1 Å². The van der Waals surface area contributed by atoms with E-state index < -0.39 is 0 Å². The molecule has 16 heavy (non-hydrogen) atoms. The summed E-state index contributed by atoms with van der Waals surface area (Å²) in [5.41, 5.74) is 3.19. The van der Waals surface area contributed by atoms with E-state index in [2.05, 4.69) is 10.5 Å². The minimum atomic E-state index is -0.342. The van der Waals surface area contributed by atoms with Crippen LogP contribution in [0.1, 0.15) is 5.56 Å². The molecule has 0 aliphatic heterocycles. The first-order valence-electron chi connectivity index (χ1n) is 4.84. The minimum absolute atomic E-state index is 0.0543. The molecule has 4 nitrogen and oxygen atoms in total. The zero-order valence-electron chi connectivity index (χ0n) is 8.73. The predicted molar refractivity (Wildman–Crippen MR) is 61.7 cm³/mol. The summed E-state index contributed by atoms with van der Waals surface area (Å²) in [6, 6.07) is 10.4. The molecule has 0 bridgehead atoms. The zero-order valence-corrected chi connectivity index (χ0v) is 8.73.